The van der Waals surface area contributed by atoms with Gasteiger partial charge >= 0.3 is 0 Å². The van der Waals surface area contributed by atoms with Crippen LogP contribution in [0.25, 0.3) is 0 Å². The van der Waals surface area contributed by atoms with E-state index in [0.29, 0.717) is 6.54 Å². The van der Waals surface area contributed by atoms with Gasteiger partial charge in [0.15, 0.2) is 0 Å². The Balaban J connectivity index is 2.86. The number of methoxy groups -OCH3 is 1. The predicted octanol–water partition coefficient (Wildman–Crippen LogP) is 3.17. The number of amides is 1. The van der Waals surface area contributed by atoms with E-state index >= 15 is 0 Å². The van der Waals surface area contributed by atoms with Gasteiger partial charge in [-0.25, -0.2) is 0 Å². The zero-order chi connectivity index (χ0) is 13.8. The number of rotatable bonds is 4. The van der Waals surface area contributed by atoms with Gasteiger partial charge in [0.2, 0.25) is 0 Å². The monoisotopic (exact) mass is 267 g/mol. The van der Waals surface area contributed by atoms with E-state index in [1.807, 2.05) is 12.1 Å². The van der Waals surface area contributed by atoms with Gasteiger partial charge < -0.3 is 10.1 Å². The topological polar surface area (TPSA) is 38.3 Å². The fourth-order valence-electron chi connectivity index (χ4n) is 1.81. The summed E-state index contributed by atoms with van der Waals surface area (Å²) in [5, 5.41) is 2.38. The Kier molecular flexibility index (Phi) is 5.08. The molecule has 1 N–H and O–H groups in total. The van der Waals surface area contributed by atoms with Crippen LogP contribution in [0.4, 0.5) is 4.79 Å². The van der Waals surface area contributed by atoms with Gasteiger partial charge in [0.25, 0.3) is 5.24 Å². The summed E-state index contributed by atoms with van der Waals surface area (Å²) in [7, 11) is 1.69. The highest BCUT2D eigenvalue weighted by molar-refractivity contribution is 7.96. The first kappa shape index (κ1) is 14.9. The number of hydrogen-bond donors (Lipinski definition) is 2. The molecule has 100 valence electrons. The maximum Gasteiger partial charge on any atom is 0.275 e. The third-order valence-electron chi connectivity index (χ3n) is 2.76. The second kappa shape index (κ2) is 6.14. The van der Waals surface area contributed by atoms with Crippen LogP contribution in [0.15, 0.2) is 18.2 Å². The summed E-state index contributed by atoms with van der Waals surface area (Å²) in [6.45, 7) is 7.07. The minimum Gasteiger partial charge on any atom is -0.496 e. The van der Waals surface area contributed by atoms with Crippen LogP contribution in [0, 0.1) is 0 Å². The van der Waals surface area contributed by atoms with Crippen molar-refractivity contribution in [3.05, 3.63) is 29.3 Å². The Bertz CT molecular complexity index is 424. The van der Waals surface area contributed by atoms with Crippen LogP contribution in [0.3, 0.4) is 0 Å². The van der Waals surface area contributed by atoms with E-state index < -0.39 is 0 Å². The lowest BCUT2D eigenvalue weighted by Crippen LogP contribution is -2.20. The van der Waals surface area contributed by atoms with Crippen LogP contribution in [-0.2, 0) is 11.8 Å². The van der Waals surface area contributed by atoms with Gasteiger partial charge in [-0.3, -0.25) is 4.79 Å². The molecule has 0 aliphatic rings. The molecule has 0 heterocycles. The first-order valence-corrected chi connectivity index (χ1v) is 6.43. The fourth-order valence-corrected chi connectivity index (χ4v) is 1.92. The van der Waals surface area contributed by atoms with Crippen molar-refractivity contribution in [2.45, 2.75) is 32.6 Å². The number of ether oxygens (including phenoxy) is 1. The molecule has 0 radical (unpaired) electrons. The van der Waals surface area contributed by atoms with Crippen LogP contribution in [0.2, 0.25) is 0 Å². The molecule has 0 unspecified atom stereocenters. The molecule has 1 amide bonds. The van der Waals surface area contributed by atoms with Crippen molar-refractivity contribution >= 4 is 17.9 Å². The number of benzene rings is 1. The van der Waals surface area contributed by atoms with Gasteiger partial charge in [-0.05, 0) is 29.0 Å². The minimum atomic E-state index is -0.292. The highest BCUT2D eigenvalue weighted by atomic mass is 32.1. The summed E-state index contributed by atoms with van der Waals surface area (Å²) in [5.41, 5.74) is 2.40. The fraction of sp³-hybridized carbons (Fsp3) is 0.500. The largest absolute Gasteiger partial charge is 0.496 e. The zero-order valence-electron chi connectivity index (χ0n) is 11.4. The van der Waals surface area contributed by atoms with Crippen LogP contribution >= 0.6 is 12.6 Å². The maximum atomic E-state index is 10.7. The standard InChI is InChI=1S/C14H21NO2S/c1-14(2,3)11-9-10(5-6-12(11)17-4)7-8-15-13(16)18/h5-6,9H,7-8H2,1-4H3,(H2,15,16,18). The van der Waals surface area contributed by atoms with E-state index in [1.54, 1.807) is 7.11 Å². The Morgan fingerprint density at radius 3 is 2.56 bits per heavy atom. The van der Waals surface area contributed by atoms with E-state index in [-0.39, 0.29) is 10.7 Å². The third kappa shape index (κ3) is 4.26. The molecule has 0 aliphatic carbocycles. The summed E-state index contributed by atoms with van der Waals surface area (Å²) in [5.74, 6) is 0.907. The van der Waals surface area contributed by atoms with Crippen molar-refractivity contribution in [2.75, 3.05) is 13.7 Å². The predicted molar refractivity (Wildman–Crippen MR) is 77.8 cm³/mol. The number of nitrogens with one attached hydrogen (secondary N) is 1. The lowest BCUT2D eigenvalue weighted by atomic mass is 9.85. The average molecular weight is 267 g/mol. The molecule has 18 heavy (non-hydrogen) atoms. The molecule has 1 aromatic rings. The van der Waals surface area contributed by atoms with Gasteiger partial charge in [-0.2, -0.15) is 0 Å². The van der Waals surface area contributed by atoms with E-state index in [2.05, 4.69) is 44.8 Å². The molecular formula is C14H21NO2S. The van der Waals surface area contributed by atoms with Gasteiger partial charge in [-0.1, -0.05) is 45.5 Å². The van der Waals surface area contributed by atoms with Crippen molar-refractivity contribution in [3.8, 4) is 5.75 Å². The van der Waals surface area contributed by atoms with Crippen molar-refractivity contribution in [2.24, 2.45) is 0 Å². The van der Waals surface area contributed by atoms with Gasteiger partial charge in [0.1, 0.15) is 5.75 Å². The summed E-state index contributed by atoms with van der Waals surface area (Å²) >= 11 is 3.67. The van der Waals surface area contributed by atoms with Crippen molar-refractivity contribution in [3.63, 3.8) is 0 Å². The van der Waals surface area contributed by atoms with Crippen molar-refractivity contribution in [1.82, 2.24) is 5.32 Å². The number of hydrogen-bond acceptors (Lipinski definition) is 2. The molecule has 0 atom stereocenters. The van der Waals surface area contributed by atoms with E-state index in [4.69, 9.17) is 4.74 Å². The zero-order valence-corrected chi connectivity index (χ0v) is 12.3. The van der Waals surface area contributed by atoms with Gasteiger partial charge in [-0.15, -0.1) is 0 Å². The Hall–Kier alpha value is -1.16. The molecule has 0 saturated heterocycles. The summed E-state index contributed by atoms with van der Waals surface area (Å²) in [6.07, 6.45) is 0.791. The van der Waals surface area contributed by atoms with Crippen LogP contribution in [0.5, 0.6) is 5.75 Å². The van der Waals surface area contributed by atoms with Crippen LogP contribution in [0.1, 0.15) is 31.9 Å². The van der Waals surface area contributed by atoms with Crippen molar-refractivity contribution < 1.29 is 9.53 Å². The quantitative estimate of drug-likeness (QED) is 0.822. The lowest BCUT2D eigenvalue weighted by Gasteiger charge is -2.23. The second-order valence-electron chi connectivity index (χ2n) is 5.27. The average Bonchev–Trinajstić information content (AvgIpc) is 2.27. The second-order valence-corrected chi connectivity index (χ2v) is 5.67. The molecular weight excluding hydrogens is 246 g/mol. The maximum absolute atomic E-state index is 10.7. The van der Waals surface area contributed by atoms with Crippen LogP contribution in [-0.4, -0.2) is 18.9 Å². The highest BCUT2D eigenvalue weighted by Crippen LogP contribution is 2.32. The first-order valence-electron chi connectivity index (χ1n) is 5.99. The lowest BCUT2D eigenvalue weighted by molar-refractivity contribution is 0.261. The van der Waals surface area contributed by atoms with E-state index in [0.717, 1.165) is 12.2 Å². The Morgan fingerprint density at radius 2 is 2.06 bits per heavy atom. The molecule has 1 aromatic carbocycles. The number of carbonyl (C=O) groups excluding carboxylic acids is 1. The number of carbonyl (C=O) groups is 1. The summed E-state index contributed by atoms with van der Waals surface area (Å²) in [6, 6.07) is 6.15. The normalized spacial score (nSPS) is 11.2. The molecule has 0 bridgehead atoms. The number of thiol groups is 1. The van der Waals surface area contributed by atoms with Gasteiger partial charge in [0, 0.05) is 6.54 Å². The molecule has 4 heteroatoms. The third-order valence-corrected chi connectivity index (χ3v) is 2.92. The Labute approximate surface area is 114 Å². The smallest absolute Gasteiger partial charge is 0.275 e. The molecule has 0 aromatic heterocycles. The molecule has 0 fully saturated rings. The molecule has 1 rings (SSSR count). The van der Waals surface area contributed by atoms with Crippen LogP contribution < -0.4 is 10.1 Å². The molecule has 0 aliphatic heterocycles. The summed E-state index contributed by atoms with van der Waals surface area (Å²) in [4.78, 5) is 10.7. The molecule has 3 nitrogen and oxygen atoms in total. The summed E-state index contributed by atoms with van der Waals surface area (Å²) < 4.78 is 5.39. The highest BCUT2D eigenvalue weighted by Gasteiger charge is 2.19. The first-order chi connectivity index (χ1) is 8.34. The minimum absolute atomic E-state index is 0.0359. The van der Waals surface area contributed by atoms with Gasteiger partial charge in [0.05, 0.1) is 7.11 Å². The van der Waals surface area contributed by atoms with E-state index in [1.165, 1.54) is 11.1 Å². The molecule has 0 spiro atoms. The van der Waals surface area contributed by atoms with Crippen molar-refractivity contribution in [1.29, 1.82) is 0 Å². The Morgan fingerprint density at radius 1 is 1.39 bits per heavy atom. The van der Waals surface area contributed by atoms with E-state index in [9.17, 15) is 4.79 Å². The SMILES string of the molecule is COc1ccc(CCNC(=O)S)cc1C(C)(C)C. The molecule has 0 saturated carbocycles.